The van der Waals surface area contributed by atoms with Crippen molar-refractivity contribution in [1.29, 1.82) is 0 Å². The molecule has 58 nitrogen and oxygen atoms in total. The Hall–Kier alpha value is -4.12. The zero-order valence-corrected chi connectivity index (χ0v) is 72.3. The van der Waals surface area contributed by atoms with Gasteiger partial charge in [-0.2, -0.15) is 0 Å². The molecule has 0 spiro atoms. The summed E-state index contributed by atoms with van der Waals surface area (Å²) in [6, 6.07) is -7.81. The molecule has 0 aliphatic carbocycles. The molecule has 58 heteroatoms. The Morgan fingerprint density at radius 2 is 0.586 bits per heavy atom. The minimum Gasteiger partial charge on any atom is -0.394 e. The smallest absolute Gasteiger partial charge is 0.217 e. The standard InChI is InChI=1S/C75H126N4O54/c1-18-37(91)47(101)52(106)69(117-18)115-17-32-59(44(98)33(65(110)118-32)76-19(2)86)128-66-34(77-20(3)87)46(100)58(29(13-85)122-66)129-75-64(133-70-51(105)38(92)23(90)14-113-70)62(131-72-53(107)48(102)39(93)24(8-80)120-72)43(97)31(126-75)16-116-74-63(49(103)40(94)25(9-81)121-74)132-67-35(78-21(4)88)45(99)57(28(12-84)123-67)127-68-36(79-22(5)89)60(130-73-54(108)50(104)56(111-6)27(11-83)124-73)42(96)30(125-68)15-114-71-55(109)61(112-7)41(95)26(10-82)119-71/h18,23-75,80-85,90-110H,8-17H2,1-7H3,(H,76,86)(H,77,87)(H,78,88)(H,79,89)/t18-,23+,24+,25+,26+,27+,28+,29+,30+,31+,32+,33+,34+,35+,36+,37+,38-,39+,40+,41-,42-,43+,44+,45+,46+,47+,48-,49-,50+,51+,52-,53-,54+,55+,56-,57+,58+,59+,60+,61-,62-,63-,64-,65+,66-,67-,68-,69+,70-,71+,72+,73-,74-,75-/m0/s1. The van der Waals surface area contributed by atoms with Gasteiger partial charge < -0.3 is 268 Å². The van der Waals surface area contributed by atoms with E-state index in [1.54, 1.807) is 0 Å². The number of hydrogen-bond donors (Lipinski definition) is 31. The average molecular weight is 1950 g/mol. The summed E-state index contributed by atoms with van der Waals surface area (Å²) in [5, 5.41) is 314. The van der Waals surface area contributed by atoms with E-state index in [0.717, 1.165) is 41.9 Å². The van der Waals surface area contributed by atoms with Crippen LogP contribution in [0.1, 0.15) is 34.6 Å². The van der Waals surface area contributed by atoms with Crippen molar-refractivity contribution < 1.29 is 266 Å². The summed E-state index contributed by atoms with van der Waals surface area (Å²) in [6.45, 7) is -5.36. The number of aliphatic hydroxyl groups excluding tert-OH is 27. The van der Waals surface area contributed by atoms with E-state index in [9.17, 15) is 157 Å². The molecule has 11 saturated heterocycles. The van der Waals surface area contributed by atoms with E-state index >= 15 is 0 Å². The summed E-state index contributed by atoms with van der Waals surface area (Å²) in [5.74, 6) is -3.81. The molecule has 0 aromatic rings. The van der Waals surface area contributed by atoms with Crippen LogP contribution >= 0.6 is 0 Å². The summed E-state index contributed by atoms with van der Waals surface area (Å²) in [7, 11) is 2.23. The van der Waals surface area contributed by atoms with Crippen LogP contribution in [0.25, 0.3) is 0 Å². The van der Waals surface area contributed by atoms with E-state index in [1.807, 2.05) is 0 Å². The molecule has 0 saturated carbocycles. The minimum atomic E-state index is -2.51. The van der Waals surface area contributed by atoms with Crippen molar-refractivity contribution in [3.63, 3.8) is 0 Å². The Labute approximate surface area is 755 Å². The van der Waals surface area contributed by atoms with Crippen LogP contribution in [0.4, 0.5) is 0 Å². The molecule has 770 valence electrons. The van der Waals surface area contributed by atoms with E-state index in [1.165, 1.54) is 6.92 Å². The van der Waals surface area contributed by atoms with Crippen molar-refractivity contribution in [2.45, 2.75) is 366 Å². The maximum Gasteiger partial charge on any atom is 0.217 e. The second-order valence-corrected chi connectivity index (χ2v) is 33.8. The number of amides is 4. The third kappa shape index (κ3) is 24.5. The van der Waals surface area contributed by atoms with Gasteiger partial charge >= 0.3 is 0 Å². The number of methoxy groups -OCH3 is 2. The van der Waals surface area contributed by atoms with Crippen molar-refractivity contribution >= 4 is 23.6 Å². The van der Waals surface area contributed by atoms with Crippen molar-refractivity contribution in [3.8, 4) is 0 Å². The Morgan fingerprint density at radius 1 is 0.256 bits per heavy atom. The fraction of sp³-hybridized carbons (Fsp3) is 0.947. The van der Waals surface area contributed by atoms with Gasteiger partial charge in [-0.15, -0.1) is 0 Å². The topological polar surface area (TPSA) is 875 Å². The lowest BCUT2D eigenvalue weighted by molar-refractivity contribution is -0.405. The van der Waals surface area contributed by atoms with Crippen LogP contribution < -0.4 is 21.3 Å². The van der Waals surface area contributed by atoms with Crippen molar-refractivity contribution in [3.05, 3.63) is 0 Å². The molecule has 0 aromatic carbocycles. The number of carbonyl (C=O) groups excluding carboxylic acids is 4. The van der Waals surface area contributed by atoms with Crippen LogP contribution in [0.2, 0.25) is 0 Å². The highest BCUT2D eigenvalue weighted by Crippen LogP contribution is 2.42. The zero-order valence-electron chi connectivity index (χ0n) is 72.3. The Morgan fingerprint density at radius 3 is 1.11 bits per heavy atom. The number of ether oxygens (including phenoxy) is 23. The lowest BCUT2D eigenvalue weighted by Gasteiger charge is -2.52. The van der Waals surface area contributed by atoms with E-state index in [0.29, 0.717) is 0 Å². The first-order chi connectivity index (χ1) is 63.0. The van der Waals surface area contributed by atoms with Gasteiger partial charge in [0.25, 0.3) is 0 Å². The summed E-state index contributed by atoms with van der Waals surface area (Å²) < 4.78 is 138. The quantitative estimate of drug-likeness (QED) is 0.0280. The van der Waals surface area contributed by atoms with Crippen molar-refractivity contribution in [2.75, 3.05) is 80.3 Å². The average Bonchev–Trinajstić information content (AvgIpc) is 0.760. The first-order valence-electron chi connectivity index (χ1n) is 42.7. The van der Waals surface area contributed by atoms with Gasteiger partial charge in [0.05, 0.1) is 72.2 Å². The molecular formula is C75H126N4O54. The van der Waals surface area contributed by atoms with Gasteiger partial charge in [0.1, 0.15) is 256 Å². The molecule has 133 heavy (non-hydrogen) atoms. The number of hydrogen-bond acceptors (Lipinski definition) is 54. The second-order valence-electron chi connectivity index (χ2n) is 33.8. The van der Waals surface area contributed by atoms with E-state index < -0.39 is 421 Å². The van der Waals surface area contributed by atoms with Gasteiger partial charge in [0.15, 0.2) is 69.2 Å². The van der Waals surface area contributed by atoms with Crippen LogP contribution in [0.3, 0.4) is 0 Å². The normalized spacial score (nSPS) is 49.5. The highest BCUT2D eigenvalue weighted by atomic mass is 16.8. The maximum atomic E-state index is 13.4. The molecule has 11 heterocycles. The number of rotatable bonds is 35. The van der Waals surface area contributed by atoms with E-state index in [4.69, 9.17) is 109 Å². The van der Waals surface area contributed by atoms with Gasteiger partial charge in [0.2, 0.25) is 23.6 Å². The van der Waals surface area contributed by atoms with Crippen LogP contribution in [0.15, 0.2) is 0 Å². The highest BCUT2D eigenvalue weighted by Gasteiger charge is 2.63. The lowest BCUT2D eigenvalue weighted by Crippen LogP contribution is -2.71. The second kappa shape index (κ2) is 48.1. The van der Waals surface area contributed by atoms with Crippen LogP contribution in [0, 0.1) is 0 Å². The first kappa shape index (κ1) is 109. The third-order valence-electron chi connectivity index (χ3n) is 24.6. The number of aliphatic hydroxyl groups is 27. The predicted octanol–water partition coefficient (Wildman–Crippen LogP) is -21.4. The SMILES string of the molecule is CO[C@H]1[C@@H](O)[C@@H](CO)O[C@@H](OC[C@H]2O[C@@H](O[C@H]3[C@H](O)[C@@H](NC(C)=O)[C@H](O[C@@H]4[C@@H](OC[C@H]5O[C@@H](O[C@H]6[C@H](O)[C@@H](NC(C)=O)[C@H](O[C@H]7[C@H](O)[C@@H](NC(C)=O)[C@H](O)O[C@@H]7CO[C@@H]7O[C@@H](C)[C@@H](O)[C@@H](O)[C@@H]7O)O[C@@H]6CO)[C@@H](O[C@@H]6OC[C@@H](O)[C@H](O)[C@H]6O)[C@@H](O[C@H]6O[C@H](CO)[C@@H](O)[C@H](O)[C@@H]6O)[C@@H]5O)O[C@H](CO)[C@@H](O)[C@@H]4O)O[C@@H]3CO)[C@H](NC(C)=O)[C@@H](O[C@@H]3O[C@H](CO)[C@H](OC)[C@H](O)[C@H]3O)[C@H]2O)[C@@H]1O. The summed E-state index contributed by atoms with van der Waals surface area (Å²) in [4.78, 5) is 52.7. The van der Waals surface area contributed by atoms with Gasteiger partial charge in [-0.1, -0.05) is 0 Å². The predicted molar refractivity (Wildman–Crippen MR) is 411 cm³/mol. The fourth-order valence-corrected chi connectivity index (χ4v) is 17.4. The number of carbonyl (C=O) groups is 4. The molecular weight excluding hydrogens is 1820 g/mol. The van der Waals surface area contributed by atoms with Crippen molar-refractivity contribution in [2.24, 2.45) is 0 Å². The molecule has 0 unspecified atom stereocenters. The first-order valence-corrected chi connectivity index (χ1v) is 42.7. The van der Waals surface area contributed by atoms with Crippen molar-refractivity contribution in [1.82, 2.24) is 21.3 Å². The summed E-state index contributed by atoms with van der Waals surface area (Å²) in [5.41, 5.74) is 0. The Bertz CT molecular complexity index is 3610. The zero-order chi connectivity index (χ0) is 97.6. The summed E-state index contributed by atoms with van der Waals surface area (Å²) in [6.07, 6.45) is -102. The minimum absolute atomic E-state index is 0.839. The molecule has 11 aliphatic heterocycles. The molecule has 11 aliphatic rings. The van der Waals surface area contributed by atoms with Gasteiger partial charge in [-0.05, 0) is 6.92 Å². The molecule has 0 bridgehead atoms. The molecule has 31 N–H and O–H groups in total. The fourth-order valence-electron chi connectivity index (χ4n) is 17.4. The molecule has 0 radical (unpaired) electrons. The van der Waals surface area contributed by atoms with Crippen LogP contribution in [-0.2, 0) is 128 Å². The molecule has 11 rings (SSSR count). The molecule has 4 amide bonds. The molecule has 54 atom stereocenters. The third-order valence-corrected chi connectivity index (χ3v) is 24.6. The van der Waals surface area contributed by atoms with E-state index in [2.05, 4.69) is 21.3 Å². The lowest BCUT2D eigenvalue weighted by atomic mass is 9.93. The molecule has 11 fully saturated rings. The summed E-state index contributed by atoms with van der Waals surface area (Å²) >= 11 is 0. The number of nitrogens with one attached hydrogen (secondary N) is 4. The largest absolute Gasteiger partial charge is 0.394 e. The van der Waals surface area contributed by atoms with E-state index in [-0.39, 0.29) is 0 Å². The highest BCUT2D eigenvalue weighted by molar-refractivity contribution is 5.74. The molecule has 0 aromatic heterocycles. The Balaban J connectivity index is 0.915. The van der Waals surface area contributed by atoms with Crippen LogP contribution in [0.5, 0.6) is 0 Å². The monoisotopic (exact) mass is 1950 g/mol. The van der Waals surface area contributed by atoms with Gasteiger partial charge in [-0.3, -0.25) is 19.2 Å². The van der Waals surface area contributed by atoms with Gasteiger partial charge in [-0.25, -0.2) is 0 Å². The van der Waals surface area contributed by atoms with Crippen LogP contribution in [-0.4, -0.2) is 573 Å². The Kier molecular flexibility index (Phi) is 39.5. The maximum absolute atomic E-state index is 13.4. The van der Waals surface area contributed by atoms with Gasteiger partial charge in [0, 0.05) is 41.9 Å².